The van der Waals surface area contributed by atoms with Crippen molar-refractivity contribution in [3.8, 4) is 0 Å². The molecule has 126 valence electrons. The van der Waals surface area contributed by atoms with Gasteiger partial charge in [0.25, 0.3) is 0 Å². The van der Waals surface area contributed by atoms with Crippen molar-refractivity contribution in [3.63, 3.8) is 0 Å². The topological polar surface area (TPSA) is 12.0 Å². The first-order chi connectivity index (χ1) is 10.8. The zero-order valence-electron chi connectivity index (χ0n) is 15.2. The first kappa shape index (κ1) is 19.3. The molecule has 1 aromatic carbocycles. The summed E-state index contributed by atoms with van der Waals surface area (Å²) in [4.78, 5) is 0. The van der Waals surface area contributed by atoms with Crippen LogP contribution in [0.5, 0.6) is 0 Å². The standard InChI is InChI=1S/C22H33N/c1-7-11-21(14-18(2)16-22(4,5)6)15-19(3)23-17-20-12-9-8-10-13-20/h7-10,12-13,21,23H,1-3,11,14-17H2,4-6H3. The van der Waals surface area contributed by atoms with Crippen molar-refractivity contribution >= 4 is 0 Å². The van der Waals surface area contributed by atoms with Crippen LogP contribution < -0.4 is 5.32 Å². The van der Waals surface area contributed by atoms with Gasteiger partial charge >= 0.3 is 0 Å². The van der Waals surface area contributed by atoms with Crippen molar-refractivity contribution < 1.29 is 0 Å². The van der Waals surface area contributed by atoms with Crippen LogP contribution in [-0.2, 0) is 6.54 Å². The summed E-state index contributed by atoms with van der Waals surface area (Å²) in [5.41, 5.74) is 4.02. The molecule has 1 nitrogen and oxygen atoms in total. The van der Waals surface area contributed by atoms with Gasteiger partial charge in [-0.3, -0.25) is 0 Å². The van der Waals surface area contributed by atoms with E-state index in [1.54, 1.807) is 0 Å². The Morgan fingerprint density at radius 1 is 1.13 bits per heavy atom. The predicted octanol–water partition coefficient (Wildman–Crippen LogP) is 6.25. The van der Waals surface area contributed by atoms with Gasteiger partial charge in [-0.05, 0) is 42.6 Å². The Hall–Kier alpha value is -1.76. The molecule has 0 aliphatic carbocycles. The Morgan fingerprint density at radius 3 is 2.35 bits per heavy atom. The molecule has 0 radical (unpaired) electrons. The van der Waals surface area contributed by atoms with Crippen molar-refractivity contribution in [2.45, 2.75) is 53.0 Å². The van der Waals surface area contributed by atoms with Gasteiger partial charge in [-0.1, -0.05) is 75.9 Å². The molecule has 1 aromatic rings. The van der Waals surface area contributed by atoms with Gasteiger partial charge < -0.3 is 5.32 Å². The monoisotopic (exact) mass is 311 g/mol. The van der Waals surface area contributed by atoms with Crippen molar-refractivity contribution in [1.82, 2.24) is 5.32 Å². The van der Waals surface area contributed by atoms with Gasteiger partial charge in [0.15, 0.2) is 0 Å². The Balaban J connectivity index is 2.46. The third kappa shape index (κ3) is 9.07. The van der Waals surface area contributed by atoms with E-state index in [0.717, 1.165) is 37.9 Å². The molecule has 0 spiro atoms. The minimum atomic E-state index is 0.304. The van der Waals surface area contributed by atoms with Gasteiger partial charge in [-0.2, -0.15) is 0 Å². The summed E-state index contributed by atoms with van der Waals surface area (Å²) in [5.74, 6) is 0.540. The van der Waals surface area contributed by atoms with E-state index in [2.05, 4.69) is 70.1 Å². The van der Waals surface area contributed by atoms with E-state index >= 15 is 0 Å². The number of benzene rings is 1. The zero-order chi connectivity index (χ0) is 17.3. The number of hydrogen-bond donors (Lipinski definition) is 1. The van der Waals surface area contributed by atoms with Crippen molar-refractivity contribution in [2.75, 3.05) is 0 Å². The van der Waals surface area contributed by atoms with Crippen LogP contribution in [0.4, 0.5) is 0 Å². The molecule has 0 bridgehead atoms. The molecular formula is C22H33N. The summed E-state index contributed by atoms with van der Waals surface area (Å²) in [6, 6.07) is 10.4. The first-order valence-corrected chi connectivity index (χ1v) is 8.53. The molecule has 0 aliphatic rings. The van der Waals surface area contributed by atoms with Gasteiger partial charge in [0.1, 0.15) is 0 Å². The van der Waals surface area contributed by atoms with E-state index in [9.17, 15) is 0 Å². The lowest BCUT2D eigenvalue weighted by Gasteiger charge is -2.23. The maximum absolute atomic E-state index is 4.28. The molecule has 23 heavy (non-hydrogen) atoms. The first-order valence-electron chi connectivity index (χ1n) is 8.53. The fourth-order valence-electron chi connectivity index (χ4n) is 2.95. The van der Waals surface area contributed by atoms with Gasteiger partial charge in [0.05, 0.1) is 0 Å². The van der Waals surface area contributed by atoms with Gasteiger partial charge in [0.2, 0.25) is 0 Å². The second kappa shape index (κ2) is 9.39. The normalized spacial score (nSPS) is 12.5. The molecule has 0 aliphatic heterocycles. The van der Waals surface area contributed by atoms with Gasteiger partial charge in [-0.25, -0.2) is 0 Å². The summed E-state index contributed by atoms with van der Waals surface area (Å²) in [5, 5.41) is 3.45. The predicted molar refractivity (Wildman–Crippen MR) is 103 cm³/mol. The Bertz CT molecular complexity index is 505. The minimum absolute atomic E-state index is 0.304. The molecule has 0 aromatic heterocycles. The van der Waals surface area contributed by atoms with Crippen LogP contribution in [-0.4, -0.2) is 0 Å². The summed E-state index contributed by atoms with van der Waals surface area (Å²) in [7, 11) is 0. The molecule has 0 saturated heterocycles. The lowest BCUT2D eigenvalue weighted by molar-refractivity contribution is 0.390. The van der Waals surface area contributed by atoms with Crippen molar-refractivity contribution in [3.05, 3.63) is 73.0 Å². The molecule has 0 fully saturated rings. The molecule has 0 heterocycles. The van der Waals surface area contributed by atoms with E-state index in [1.807, 2.05) is 12.1 Å². The van der Waals surface area contributed by atoms with E-state index in [0.29, 0.717) is 11.3 Å². The number of nitrogens with one attached hydrogen (secondary N) is 1. The highest BCUT2D eigenvalue weighted by atomic mass is 14.9. The molecule has 0 amide bonds. The Morgan fingerprint density at radius 2 is 1.78 bits per heavy atom. The Kier molecular flexibility index (Phi) is 7.88. The third-order valence-electron chi connectivity index (χ3n) is 3.78. The lowest BCUT2D eigenvalue weighted by atomic mass is 9.83. The highest BCUT2D eigenvalue weighted by Gasteiger charge is 2.16. The van der Waals surface area contributed by atoms with Crippen LogP contribution in [0, 0.1) is 11.3 Å². The summed E-state index contributed by atoms with van der Waals surface area (Å²) < 4.78 is 0. The lowest BCUT2D eigenvalue weighted by Crippen LogP contribution is -2.16. The minimum Gasteiger partial charge on any atom is -0.385 e. The van der Waals surface area contributed by atoms with Gasteiger partial charge in [-0.15, -0.1) is 6.58 Å². The molecule has 0 saturated carbocycles. The van der Waals surface area contributed by atoms with E-state index in [-0.39, 0.29) is 0 Å². The van der Waals surface area contributed by atoms with Crippen LogP contribution in [0.15, 0.2) is 67.4 Å². The maximum Gasteiger partial charge on any atom is 0.0397 e. The maximum atomic E-state index is 4.28. The SMILES string of the molecule is C=CCC(CC(=C)CC(C)(C)C)CC(=C)NCc1ccccc1. The highest BCUT2D eigenvalue weighted by Crippen LogP contribution is 2.29. The number of rotatable bonds is 10. The average molecular weight is 312 g/mol. The molecule has 1 atom stereocenters. The smallest absolute Gasteiger partial charge is 0.0397 e. The molecule has 1 N–H and O–H groups in total. The van der Waals surface area contributed by atoms with Crippen molar-refractivity contribution in [2.24, 2.45) is 11.3 Å². The number of hydrogen-bond acceptors (Lipinski definition) is 1. The molecule has 1 unspecified atom stereocenters. The second-order valence-electron chi connectivity index (χ2n) is 7.73. The van der Waals surface area contributed by atoms with E-state index < -0.39 is 0 Å². The van der Waals surface area contributed by atoms with E-state index in [1.165, 1.54) is 11.1 Å². The largest absolute Gasteiger partial charge is 0.385 e. The summed E-state index contributed by atoms with van der Waals surface area (Å²) >= 11 is 0. The number of allylic oxidation sites excluding steroid dienone is 3. The van der Waals surface area contributed by atoms with Crippen LogP contribution in [0.25, 0.3) is 0 Å². The van der Waals surface area contributed by atoms with Crippen LogP contribution in [0.1, 0.15) is 52.0 Å². The average Bonchev–Trinajstić information content (AvgIpc) is 2.44. The molecule has 1 heteroatoms. The quantitative estimate of drug-likeness (QED) is 0.503. The van der Waals surface area contributed by atoms with Crippen LogP contribution >= 0.6 is 0 Å². The summed E-state index contributed by atoms with van der Waals surface area (Å²) in [6.45, 7) is 20.0. The van der Waals surface area contributed by atoms with Crippen LogP contribution in [0.2, 0.25) is 0 Å². The third-order valence-corrected chi connectivity index (χ3v) is 3.78. The van der Waals surface area contributed by atoms with Gasteiger partial charge in [0, 0.05) is 12.2 Å². The fraction of sp³-hybridized carbons (Fsp3) is 0.455. The molecule has 1 rings (SSSR count). The van der Waals surface area contributed by atoms with E-state index in [4.69, 9.17) is 0 Å². The highest BCUT2D eigenvalue weighted by molar-refractivity contribution is 5.15. The fourth-order valence-corrected chi connectivity index (χ4v) is 2.95. The summed E-state index contributed by atoms with van der Waals surface area (Å²) in [6.07, 6.45) is 6.12. The molecular weight excluding hydrogens is 278 g/mol. The van der Waals surface area contributed by atoms with Crippen molar-refractivity contribution in [1.29, 1.82) is 0 Å². The van der Waals surface area contributed by atoms with Crippen LogP contribution in [0.3, 0.4) is 0 Å². The second-order valence-corrected chi connectivity index (χ2v) is 7.73. The zero-order valence-corrected chi connectivity index (χ0v) is 15.2. The Labute approximate surface area is 143 Å².